The molecule has 1 aromatic carbocycles. The van der Waals surface area contributed by atoms with E-state index in [2.05, 4.69) is 10.3 Å². The first-order valence-corrected chi connectivity index (χ1v) is 6.17. The molecule has 2 rings (SSSR count). The van der Waals surface area contributed by atoms with E-state index in [1.165, 1.54) is 19.2 Å². The molecule has 0 amide bonds. The molecule has 0 aliphatic carbocycles. The summed E-state index contributed by atoms with van der Waals surface area (Å²) in [7, 11) is 1.47. The lowest BCUT2D eigenvalue weighted by atomic mass is 10.2. The Bertz CT molecular complexity index is 741. The van der Waals surface area contributed by atoms with E-state index < -0.39 is 5.97 Å². The molecule has 0 saturated carbocycles. The fraction of sp³-hybridized carbons (Fsp3) is 0.0714. The molecule has 7 heteroatoms. The van der Waals surface area contributed by atoms with Gasteiger partial charge in [0.05, 0.1) is 30.0 Å². The van der Waals surface area contributed by atoms with Gasteiger partial charge in [-0.2, -0.15) is 5.26 Å². The van der Waals surface area contributed by atoms with Crippen molar-refractivity contribution in [2.24, 2.45) is 0 Å². The highest BCUT2D eigenvalue weighted by Crippen LogP contribution is 2.28. The van der Waals surface area contributed by atoms with Gasteiger partial charge in [0, 0.05) is 6.07 Å². The zero-order valence-corrected chi connectivity index (χ0v) is 11.7. The number of nitrogens with one attached hydrogen (secondary N) is 1. The number of carboxylic acid groups (broad SMARTS) is 1. The second-order valence-corrected chi connectivity index (χ2v) is 4.41. The summed E-state index contributed by atoms with van der Waals surface area (Å²) < 4.78 is 5.18. The van der Waals surface area contributed by atoms with Gasteiger partial charge in [-0.3, -0.25) is 0 Å². The number of carbonyl (C=O) groups is 1. The Balaban J connectivity index is 2.38. The summed E-state index contributed by atoms with van der Waals surface area (Å²) in [6.45, 7) is 0. The number of anilines is 2. The maximum atomic E-state index is 11.0. The molecule has 21 heavy (non-hydrogen) atoms. The van der Waals surface area contributed by atoms with Gasteiger partial charge in [-0.1, -0.05) is 11.6 Å². The number of rotatable bonds is 4. The fourth-order valence-electron chi connectivity index (χ4n) is 1.69. The van der Waals surface area contributed by atoms with Gasteiger partial charge in [0.1, 0.15) is 16.7 Å². The molecule has 0 atom stereocenters. The van der Waals surface area contributed by atoms with E-state index in [-0.39, 0.29) is 16.5 Å². The summed E-state index contributed by atoms with van der Waals surface area (Å²) in [6.07, 6.45) is 0. The van der Waals surface area contributed by atoms with Crippen LogP contribution in [0.2, 0.25) is 5.15 Å². The number of nitriles is 1. The zero-order chi connectivity index (χ0) is 15.4. The molecule has 2 N–H and O–H groups in total. The third-order valence-corrected chi connectivity index (χ3v) is 2.83. The smallest absolute Gasteiger partial charge is 0.335 e. The Hall–Kier alpha value is -2.78. The van der Waals surface area contributed by atoms with Crippen molar-refractivity contribution in [3.8, 4) is 11.8 Å². The van der Waals surface area contributed by atoms with Crippen molar-refractivity contribution in [2.45, 2.75) is 0 Å². The first kappa shape index (κ1) is 14.6. The number of methoxy groups -OCH3 is 1. The molecule has 2 aromatic rings. The lowest BCUT2D eigenvalue weighted by molar-refractivity contribution is 0.0697. The Kier molecular flexibility index (Phi) is 4.26. The monoisotopic (exact) mass is 303 g/mol. The number of benzene rings is 1. The Morgan fingerprint density at radius 1 is 1.43 bits per heavy atom. The van der Waals surface area contributed by atoms with E-state index in [0.29, 0.717) is 17.0 Å². The Morgan fingerprint density at radius 2 is 2.19 bits per heavy atom. The standard InChI is InChI=1S/C14H10ClN3O3/c1-21-11-4-8(7-16)2-3-10(11)17-13-6-9(14(19)20)5-12(15)18-13/h2-6H,1H3,(H,17,18)(H,19,20). The van der Waals surface area contributed by atoms with E-state index in [4.69, 9.17) is 26.7 Å². The molecule has 0 saturated heterocycles. The van der Waals surface area contributed by atoms with Gasteiger partial charge in [0.2, 0.25) is 0 Å². The molecule has 0 fully saturated rings. The first-order chi connectivity index (χ1) is 10.0. The number of halogens is 1. The molecule has 106 valence electrons. The van der Waals surface area contributed by atoms with E-state index in [1.54, 1.807) is 18.2 Å². The van der Waals surface area contributed by atoms with Crippen molar-refractivity contribution in [1.82, 2.24) is 4.98 Å². The normalized spacial score (nSPS) is 9.76. The SMILES string of the molecule is COc1cc(C#N)ccc1Nc1cc(C(=O)O)cc(Cl)n1. The van der Waals surface area contributed by atoms with E-state index in [1.807, 2.05) is 6.07 Å². The highest BCUT2D eigenvalue weighted by Gasteiger charge is 2.10. The minimum atomic E-state index is -1.10. The first-order valence-electron chi connectivity index (χ1n) is 5.79. The number of carboxylic acids is 1. The molecule has 1 aromatic heterocycles. The van der Waals surface area contributed by atoms with Crippen LogP contribution in [0.5, 0.6) is 5.75 Å². The molecule has 0 bridgehead atoms. The quantitative estimate of drug-likeness (QED) is 0.843. The molecule has 0 aliphatic rings. The summed E-state index contributed by atoms with van der Waals surface area (Å²) in [6, 6.07) is 9.42. The van der Waals surface area contributed by atoms with Crippen LogP contribution in [0.1, 0.15) is 15.9 Å². The van der Waals surface area contributed by atoms with Crippen LogP contribution in [0.4, 0.5) is 11.5 Å². The molecule has 0 radical (unpaired) electrons. The highest BCUT2D eigenvalue weighted by atomic mass is 35.5. The minimum absolute atomic E-state index is 0.0186. The molecule has 1 heterocycles. The Morgan fingerprint density at radius 3 is 2.81 bits per heavy atom. The van der Waals surface area contributed by atoms with Gasteiger partial charge in [0.25, 0.3) is 0 Å². The predicted octanol–water partition coefficient (Wildman–Crippen LogP) is 3.06. The number of hydrogen-bond donors (Lipinski definition) is 2. The van der Waals surface area contributed by atoms with Crippen LogP contribution in [-0.4, -0.2) is 23.2 Å². The number of aromatic nitrogens is 1. The van der Waals surface area contributed by atoms with Crippen LogP contribution >= 0.6 is 11.6 Å². The lowest BCUT2D eigenvalue weighted by Crippen LogP contribution is -2.02. The molecule has 0 aliphatic heterocycles. The number of hydrogen-bond acceptors (Lipinski definition) is 5. The molecular formula is C14H10ClN3O3. The third kappa shape index (κ3) is 3.41. The molecular weight excluding hydrogens is 294 g/mol. The summed E-state index contributed by atoms with van der Waals surface area (Å²) >= 11 is 5.79. The van der Waals surface area contributed by atoms with Crippen molar-refractivity contribution in [3.05, 3.63) is 46.6 Å². The lowest BCUT2D eigenvalue weighted by Gasteiger charge is -2.11. The van der Waals surface area contributed by atoms with E-state index in [9.17, 15) is 4.79 Å². The van der Waals surface area contributed by atoms with Crippen LogP contribution < -0.4 is 10.1 Å². The number of pyridine rings is 1. The second-order valence-electron chi connectivity index (χ2n) is 4.02. The van der Waals surface area contributed by atoms with Crippen LogP contribution in [0.3, 0.4) is 0 Å². The second kappa shape index (κ2) is 6.11. The molecule has 6 nitrogen and oxygen atoms in total. The van der Waals surface area contributed by atoms with Gasteiger partial charge in [-0.15, -0.1) is 0 Å². The summed E-state index contributed by atoms with van der Waals surface area (Å²) in [5, 5.41) is 20.8. The van der Waals surface area contributed by atoms with Crippen LogP contribution in [0.15, 0.2) is 30.3 Å². The van der Waals surface area contributed by atoms with Crippen molar-refractivity contribution in [2.75, 3.05) is 12.4 Å². The van der Waals surface area contributed by atoms with Gasteiger partial charge < -0.3 is 15.2 Å². The number of ether oxygens (including phenoxy) is 1. The maximum Gasteiger partial charge on any atom is 0.335 e. The minimum Gasteiger partial charge on any atom is -0.495 e. The van der Waals surface area contributed by atoms with Crippen LogP contribution in [-0.2, 0) is 0 Å². The van der Waals surface area contributed by atoms with Crippen molar-refractivity contribution in [3.63, 3.8) is 0 Å². The number of nitrogens with zero attached hydrogens (tertiary/aromatic N) is 2. The van der Waals surface area contributed by atoms with Crippen molar-refractivity contribution < 1.29 is 14.6 Å². The Labute approximate surface area is 125 Å². The summed E-state index contributed by atoms with van der Waals surface area (Å²) in [5.41, 5.74) is 1.01. The third-order valence-electron chi connectivity index (χ3n) is 2.63. The van der Waals surface area contributed by atoms with E-state index in [0.717, 1.165) is 0 Å². The van der Waals surface area contributed by atoms with Gasteiger partial charge in [0.15, 0.2) is 0 Å². The van der Waals surface area contributed by atoms with Gasteiger partial charge in [-0.05, 0) is 24.3 Å². The van der Waals surface area contributed by atoms with Crippen molar-refractivity contribution in [1.29, 1.82) is 5.26 Å². The van der Waals surface area contributed by atoms with Crippen LogP contribution in [0, 0.1) is 11.3 Å². The topological polar surface area (TPSA) is 95.2 Å². The van der Waals surface area contributed by atoms with Crippen LogP contribution in [0.25, 0.3) is 0 Å². The average Bonchev–Trinajstić information content (AvgIpc) is 2.47. The fourth-order valence-corrected chi connectivity index (χ4v) is 1.90. The van der Waals surface area contributed by atoms with E-state index >= 15 is 0 Å². The van der Waals surface area contributed by atoms with Gasteiger partial charge >= 0.3 is 5.97 Å². The predicted molar refractivity (Wildman–Crippen MR) is 77.2 cm³/mol. The van der Waals surface area contributed by atoms with Crippen molar-refractivity contribution >= 4 is 29.1 Å². The number of aromatic carboxylic acids is 1. The molecule has 0 spiro atoms. The highest BCUT2D eigenvalue weighted by molar-refractivity contribution is 6.29. The maximum absolute atomic E-state index is 11.0. The summed E-state index contributed by atoms with van der Waals surface area (Å²) in [4.78, 5) is 15.0. The molecule has 0 unspecified atom stereocenters. The summed E-state index contributed by atoms with van der Waals surface area (Å²) in [5.74, 6) is -0.398. The van der Waals surface area contributed by atoms with Gasteiger partial charge in [-0.25, -0.2) is 9.78 Å². The average molecular weight is 304 g/mol. The largest absolute Gasteiger partial charge is 0.495 e. The zero-order valence-electron chi connectivity index (χ0n) is 10.9.